The van der Waals surface area contributed by atoms with Crippen LogP contribution in [0, 0.1) is 0 Å². The van der Waals surface area contributed by atoms with Crippen molar-refractivity contribution in [2.75, 3.05) is 5.32 Å². The van der Waals surface area contributed by atoms with Gasteiger partial charge in [0.1, 0.15) is 11.4 Å². The molecule has 0 aliphatic rings. The van der Waals surface area contributed by atoms with E-state index in [2.05, 4.69) is 20.3 Å². The van der Waals surface area contributed by atoms with Crippen molar-refractivity contribution in [3.05, 3.63) is 82.9 Å². The molecule has 0 spiro atoms. The van der Waals surface area contributed by atoms with Crippen molar-refractivity contribution in [1.82, 2.24) is 15.0 Å². The van der Waals surface area contributed by atoms with E-state index in [1.165, 1.54) is 6.20 Å². The van der Waals surface area contributed by atoms with Crippen molar-refractivity contribution in [2.45, 2.75) is 0 Å². The van der Waals surface area contributed by atoms with Crippen LogP contribution in [0.1, 0.15) is 10.5 Å². The highest BCUT2D eigenvalue weighted by Gasteiger charge is 2.11. The number of carbonyl (C=O) groups is 1. The van der Waals surface area contributed by atoms with E-state index in [1.807, 2.05) is 0 Å². The summed E-state index contributed by atoms with van der Waals surface area (Å²) in [5.74, 6) is 0.423. The van der Waals surface area contributed by atoms with Crippen LogP contribution in [0.5, 0.6) is 11.6 Å². The third-order valence-electron chi connectivity index (χ3n) is 3.83. The summed E-state index contributed by atoms with van der Waals surface area (Å²) in [5.41, 5.74) is 1.50. The van der Waals surface area contributed by atoms with Crippen molar-refractivity contribution in [3.63, 3.8) is 0 Å². The molecule has 1 aromatic carbocycles. The van der Waals surface area contributed by atoms with Crippen LogP contribution < -0.4 is 10.1 Å². The minimum absolute atomic E-state index is 0.292. The Morgan fingerprint density at radius 3 is 2.68 bits per heavy atom. The zero-order chi connectivity index (χ0) is 19.5. The van der Waals surface area contributed by atoms with Gasteiger partial charge in [-0.1, -0.05) is 23.2 Å². The number of anilines is 1. The standard InChI is InChI=1S/C20H12Cl2N4O2/c21-13-2-6-19(24-11-13)28-18-5-3-14(9-15(18)22)25-20(27)17-4-1-12-10-23-8-7-16(12)26-17/h1-11H,(H,25,27). The van der Waals surface area contributed by atoms with Gasteiger partial charge < -0.3 is 10.1 Å². The Bertz CT molecular complexity index is 1170. The fraction of sp³-hybridized carbons (Fsp3) is 0. The predicted molar refractivity (Wildman–Crippen MR) is 108 cm³/mol. The lowest BCUT2D eigenvalue weighted by molar-refractivity contribution is 0.102. The number of hydrogen-bond donors (Lipinski definition) is 1. The van der Waals surface area contributed by atoms with Gasteiger partial charge in [-0.05, 0) is 42.5 Å². The lowest BCUT2D eigenvalue weighted by Crippen LogP contribution is -2.13. The van der Waals surface area contributed by atoms with E-state index in [0.717, 1.165) is 5.39 Å². The molecule has 0 bridgehead atoms. The van der Waals surface area contributed by atoms with E-state index in [0.29, 0.717) is 38.6 Å². The molecule has 4 rings (SSSR count). The van der Waals surface area contributed by atoms with E-state index in [4.69, 9.17) is 27.9 Å². The monoisotopic (exact) mass is 410 g/mol. The highest BCUT2D eigenvalue weighted by atomic mass is 35.5. The maximum atomic E-state index is 12.5. The van der Waals surface area contributed by atoms with Crippen LogP contribution in [0.4, 0.5) is 5.69 Å². The molecule has 3 aromatic heterocycles. The van der Waals surface area contributed by atoms with Gasteiger partial charge >= 0.3 is 0 Å². The fourth-order valence-electron chi connectivity index (χ4n) is 2.48. The Morgan fingerprint density at radius 1 is 1.00 bits per heavy atom. The van der Waals surface area contributed by atoms with Gasteiger partial charge in [0.25, 0.3) is 5.91 Å². The molecule has 0 saturated heterocycles. The number of nitrogens with zero attached hydrogens (tertiary/aromatic N) is 3. The maximum absolute atomic E-state index is 12.5. The highest BCUT2D eigenvalue weighted by molar-refractivity contribution is 6.32. The van der Waals surface area contributed by atoms with Crippen molar-refractivity contribution in [1.29, 1.82) is 0 Å². The number of halogens is 2. The van der Waals surface area contributed by atoms with Crippen LogP contribution >= 0.6 is 23.2 Å². The lowest BCUT2D eigenvalue weighted by atomic mass is 10.2. The van der Waals surface area contributed by atoms with Crippen LogP contribution in [-0.4, -0.2) is 20.9 Å². The number of nitrogens with one attached hydrogen (secondary N) is 1. The largest absolute Gasteiger partial charge is 0.437 e. The normalized spacial score (nSPS) is 10.6. The van der Waals surface area contributed by atoms with Gasteiger partial charge in [0, 0.05) is 35.7 Å². The van der Waals surface area contributed by atoms with Gasteiger partial charge in [-0.3, -0.25) is 9.78 Å². The Balaban J connectivity index is 1.50. The van der Waals surface area contributed by atoms with Gasteiger partial charge in [-0.2, -0.15) is 0 Å². The molecule has 8 heteroatoms. The molecule has 0 saturated carbocycles. The minimum atomic E-state index is -0.345. The van der Waals surface area contributed by atoms with Crippen LogP contribution in [0.25, 0.3) is 10.9 Å². The minimum Gasteiger partial charge on any atom is -0.437 e. The number of carbonyl (C=O) groups excluding carboxylic acids is 1. The van der Waals surface area contributed by atoms with E-state index in [-0.39, 0.29) is 5.91 Å². The molecule has 0 radical (unpaired) electrons. The molecule has 0 unspecified atom stereocenters. The van der Waals surface area contributed by atoms with Gasteiger partial charge in [0.2, 0.25) is 5.88 Å². The average molecular weight is 411 g/mol. The van der Waals surface area contributed by atoms with Crippen LogP contribution in [0.3, 0.4) is 0 Å². The molecule has 1 N–H and O–H groups in total. The topological polar surface area (TPSA) is 77.0 Å². The Labute approximate surface area is 170 Å². The van der Waals surface area contributed by atoms with Crippen molar-refractivity contribution in [3.8, 4) is 11.6 Å². The Morgan fingerprint density at radius 2 is 1.89 bits per heavy atom. The number of aromatic nitrogens is 3. The second-order valence-electron chi connectivity index (χ2n) is 5.78. The molecular formula is C20H12Cl2N4O2. The molecule has 0 fully saturated rings. The van der Waals surface area contributed by atoms with Crippen LogP contribution in [0.2, 0.25) is 10.0 Å². The molecule has 6 nitrogen and oxygen atoms in total. The second kappa shape index (κ2) is 7.80. The molecule has 3 heterocycles. The number of amides is 1. The third-order valence-corrected chi connectivity index (χ3v) is 4.35. The van der Waals surface area contributed by atoms with Gasteiger partial charge in [-0.25, -0.2) is 9.97 Å². The molecule has 4 aromatic rings. The number of pyridine rings is 3. The van der Waals surface area contributed by atoms with E-state index in [1.54, 1.807) is 60.9 Å². The number of hydrogen-bond acceptors (Lipinski definition) is 5. The summed E-state index contributed by atoms with van der Waals surface area (Å²) in [5, 5.41) is 4.47. The molecule has 28 heavy (non-hydrogen) atoms. The van der Waals surface area contributed by atoms with Crippen molar-refractivity contribution >= 4 is 45.7 Å². The number of fused-ring (bicyclic) bond motifs is 1. The summed E-state index contributed by atoms with van der Waals surface area (Å²) < 4.78 is 5.62. The quantitative estimate of drug-likeness (QED) is 0.488. The number of ether oxygens (including phenoxy) is 1. The first kappa shape index (κ1) is 18.2. The summed E-state index contributed by atoms with van der Waals surface area (Å²) in [6.07, 6.45) is 4.80. The summed E-state index contributed by atoms with van der Waals surface area (Å²) in [6, 6.07) is 13.4. The van der Waals surface area contributed by atoms with E-state index in [9.17, 15) is 4.79 Å². The smallest absolute Gasteiger partial charge is 0.274 e. The van der Waals surface area contributed by atoms with E-state index < -0.39 is 0 Å². The highest BCUT2D eigenvalue weighted by Crippen LogP contribution is 2.31. The van der Waals surface area contributed by atoms with Crippen molar-refractivity contribution < 1.29 is 9.53 Å². The second-order valence-corrected chi connectivity index (χ2v) is 6.62. The predicted octanol–water partition coefficient (Wildman–Crippen LogP) is 5.38. The number of rotatable bonds is 4. The molecular weight excluding hydrogens is 399 g/mol. The maximum Gasteiger partial charge on any atom is 0.274 e. The Kier molecular flexibility index (Phi) is 5.06. The number of benzene rings is 1. The fourth-order valence-corrected chi connectivity index (χ4v) is 2.81. The summed E-state index contributed by atoms with van der Waals surface area (Å²) in [4.78, 5) is 24.9. The first-order valence-electron chi connectivity index (χ1n) is 8.19. The molecule has 1 amide bonds. The zero-order valence-electron chi connectivity index (χ0n) is 14.3. The first-order valence-corrected chi connectivity index (χ1v) is 8.95. The lowest BCUT2D eigenvalue weighted by Gasteiger charge is -2.10. The zero-order valence-corrected chi connectivity index (χ0v) is 15.8. The van der Waals surface area contributed by atoms with Gasteiger partial charge in [-0.15, -0.1) is 0 Å². The molecule has 0 atom stereocenters. The molecule has 0 aliphatic carbocycles. The van der Waals surface area contributed by atoms with Crippen LogP contribution in [0.15, 0.2) is 67.1 Å². The van der Waals surface area contributed by atoms with Gasteiger partial charge in [0.15, 0.2) is 0 Å². The van der Waals surface area contributed by atoms with Crippen LogP contribution in [-0.2, 0) is 0 Å². The van der Waals surface area contributed by atoms with Gasteiger partial charge in [0.05, 0.1) is 15.6 Å². The molecule has 0 aliphatic heterocycles. The Hall–Kier alpha value is -3.22. The average Bonchev–Trinajstić information content (AvgIpc) is 2.71. The summed E-state index contributed by atoms with van der Waals surface area (Å²) >= 11 is 12.1. The molecule has 138 valence electrons. The summed E-state index contributed by atoms with van der Waals surface area (Å²) in [6.45, 7) is 0. The SMILES string of the molecule is O=C(Nc1ccc(Oc2ccc(Cl)cn2)c(Cl)c1)c1ccc2cnccc2n1. The van der Waals surface area contributed by atoms with E-state index >= 15 is 0 Å². The first-order chi connectivity index (χ1) is 13.6. The van der Waals surface area contributed by atoms with Crippen molar-refractivity contribution in [2.24, 2.45) is 0 Å². The third kappa shape index (κ3) is 4.03. The summed E-state index contributed by atoms with van der Waals surface area (Å²) in [7, 11) is 0.